The molecule has 0 fully saturated rings. The van der Waals surface area contributed by atoms with Crippen LogP contribution in [0.2, 0.25) is 0 Å². The summed E-state index contributed by atoms with van der Waals surface area (Å²) in [5.41, 5.74) is 1.68. The van der Waals surface area contributed by atoms with Crippen molar-refractivity contribution in [1.82, 2.24) is 4.90 Å². The third-order valence-corrected chi connectivity index (χ3v) is 3.94. The van der Waals surface area contributed by atoms with Crippen LogP contribution in [0.5, 0.6) is 0 Å². The average Bonchev–Trinajstić information content (AvgIpc) is 2.53. The largest absolute Gasteiger partial charge is 0.511 e. The number of hydrogen-bond donors (Lipinski definition) is 1. The minimum atomic E-state index is -0.164. The monoisotopic (exact) mass is 314 g/mol. The zero-order valence-corrected chi connectivity index (χ0v) is 13.5. The molecule has 1 aromatic carbocycles. The number of allylic oxidation sites excluding steroid dienone is 2. The molecule has 0 heterocycles. The van der Waals surface area contributed by atoms with Crippen molar-refractivity contribution in [2.45, 2.75) is 18.8 Å². The molecule has 1 aliphatic rings. The van der Waals surface area contributed by atoms with Gasteiger partial charge in [-0.3, -0.25) is 14.6 Å². The fraction of sp³-hybridized carbons (Fsp3) is 0.389. The van der Waals surface area contributed by atoms with Gasteiger partial charge in [-0.05, 0) is 25.6 Å². The molecule has 0 aliphatic heterocycles. The highest BCUT2D eigenvalue weighted by Crippen LogP contribution is 2.34. The number of benzene rings is 1. The van der Waals surface area contributed by atoms with Crippen molar-refractivity contribution in [1.29, 1.82) is 0 Å². The second kappa shape index (κ2) is 7.83. The topological polar surface area (TPSA) is 70.0 Å². The minimum Gasteiger partial charge on any atom is -0.511 e. The number of carbonyl (C=O) groups excluding carboxylic acids is 2. The Morgan fingerprint density at radius 1 is 1.30 bits per heavy atom. The van der Waals surface area contributed by atoms with Crippen molar-refractivity contribution in [2.75, 3.05) is 27.2 Å². The lowest BCUT2D eigenvalue weighted by atomic mass is 9.81. The summed E-state index contributed by atoms with van der Waals surface area (Å²) >= 11 is 0. The first-order valence-corrected chi connectivity index (χ1v) is 7.67. The summed E-state index contributed by atoms with van der Waals surface area (Å²) in [6.07, 6.45) is 2.90. The lowest BCUT2D eigenvalue weighted by Crippen LogP contribution is -2.20. The van der Waals surface area contributed by atoms with E-state index in [0.29, 0.717) is 24.1 Å². The SMILES string of the molecule is CN(C)CCN=CC1=C(O)CC(c2ccccc2C=O)CC1=O. The summed E-state index contributed by atoms with van der Waals surface area (Å²) in [5, 5.41) is 10.2. The summed E-state index contributed by atoms with van der Waals surface area (Å²) in [6.45, 7) is 1.36. The number of aliphatic imine (C=N–C) groups is 1. The first-order valence-electron chi connectivity index (χ1n) is 7.67. The fourth-order valence-electron chi connectivity index (χ4n) is 2.68. The van der Waals surface area contributed by atoms with E-state index in [-0.39, 0.29) is 23.9 Å². The quantitative estimate of drug-likeness (QED) is 0.646. The van der Waals surface area contributed by atoms with Crippen LogP contribution in [-0.2, 0) is 4.79 Å². The smallest absolute Gasteiger partial charge is 0.168 e. The zero-order valence-electron chi connectivity index (χ0n) is 13.5. The Morgan fingerprint density at radius 3 is 2.70 bits per heavy atom. The van der Waals surface area contributed by atoms with Gasteiger partial charge in [0.2, 0.25) is 0 Å². The van der Waals surface area contributed by atoms with Gasteiger partial charge in [-0.1, -0.05) is 24.3 Å². The Bertz CT molecular complexity index is 647. The molecule has 0 radical (unpaired) electrons. The predicted molar refractivity (Wildman–Crippen MR) is 90.4 cm³/mol. The molecule has 0 aromatic heterocycles. The molecular weight excluding hydrogens is 292 g/mol. The highest BCUT2D eigenvalue weighted by atomic mass is 16.3. The third-order valence-electron chi connectivity index (χ3n) is 3.94. The van der Waals surface area contributed by atoms with Crippen molar-refractivity contribution >= 4 is 18.3 Å². The van der Waals surface area contributed by atoms with Crippen LogP contribution in [0, 0.1) is 0 Å². The Balaban J connectivity index is 2.15. The minimum absolute atomic E-state index is 0.0561. The Morgan fingerprint density at radius 2 is 2.04 bits per heavy atom. The van der Waals surface area contributed by atoms with Crippen molar-refractivity contribution in [3.63, 3.8) is 0 Å². The summed E-state index contributed by atoms with van der Waals surface area (Å²) in [7, 11) is 3.90. The maximum absolute atomic E-state index is 12.3. The van der Waals surface area contributed by atoms with Gasteiger partial charge >= 0.3 is 0 Å². The number of nitrogens with zero attached hydrogens (tertiary/aromatic N) is 2. The van der Waals surface area contributed by atoms with Gasteiger partial charge in [-0.2, -0.15) is 0 Å². The van der Waals surface area contributed by atoms with Gasteiger partial charge in [-0.15, -0.1) is 0 Å². The molecule has 0 spiro atoms. The van der Waals surface area contributed by atoms with Crippen LogP contribution in [-0.4, -0.2) is 55.5 Å². The standard InChI is InChI=1S/C18H22N2O3/c1-20(2)8-7-19-11-16-17(22)9-14(10-18(16)23)15-6-4-3-5-13(15)12-21/h3-6,11-12,14,22H,7-10H2,1-2H3. The molecule has 23 heavy (non-hydrogen) atoms. The molecule has 2 rings (SSSR count). The molecule has 1 atom stereocenters. The van der Waals surface area contributed by atoms with E-state index in [0.717, 1.165) is 18.4 Å². The van der Waals surface area contributed by atoms with E-state index >= 15 is 0 Å². The number of hydrogen-bond acceptors (Lipinski definition) is 5. The summed E-state index contributed by atoms with van der Waals surface area (Å²) in [6, 6.07) is 7.19. The molecule has 1 N–H and O–H groups in total. The van der Waals surface area contributed by atoms with Gasteiger partial charge in [0.1, 0.15) is 12.0 Å². The average molecular weight is 314 g/mol. The molecule has 0 amide bonds. The predicted octanol–water partition coefficient (Wildman–Crippen LogP) is 2.39. The number of aliphatic hydroxyl groups is 1. The highest BCUT2D eigenvalue weighted by Gasteiger charge is 2.28. The van der Waals surface area contributed by atoms with E-state index in [1.807, 2.05) is 31.1 Å². The summed E-state index contributed by atoms with van der Waals surface area (Å²) < 4.78 is 0. The molecule has 0 saturated carbocycles. The van der Waals surface area contributed by atoms with Gasteiger partial charge < -0.3 is 10.0 Å². The third kappa shape index (κ3) is 4.36. The maximum atomic E-state index is 12.3. The van der Waals surface area contributed by atoms with E-state index in [2.05, 4.69) is 4.99 Å². The molecule has 5 heteroatoms. The molecule has 1 unspecified atom stereocenters. The van der Waals surface area contributed by atoms with Crippen molar-refractivity contribution < 1.29 is 14.7 Å². The maximum Gasteiger partial charge on any atom is 0.168 e. The molecule has 1 aliphatic carbocycles. The van der Waals surface area contributed by atoms with Crippen LogP contribution in [0.25, 0.3) is 0 Å². The second-order valence-electron chi connectivity index (χ2n) is 5.97. The van der Waals surface area contributed by atoms with E-state index < -0.39 is 0 Å². The summed E-state index contributed by atoms with van der Waals surface area (Å²) in [5.74, 6) is -0.239. The number of aliphatic hydroxyl groups excluding tert-OH is 1. The number of rotatable bonds is 6. The molecule has 1 aromatic rings. The first-order chi connectivity index (χ1) is 11.0. The van der Waals surface area contributed by atoms with Crippen molar-refractivity contribution in [2.24, 2.45) is 4.99 Å². The number of aldehydes is 1. The van der Waals surface area contributed by atoms with Crippen LogP contribution < -0.4 is 0 Å². The van der Waals surface area contributed by atoms with Gasteiger partial charge in [-0.25, -0.2) is 0 Å². The van der Waals surface area contributed by atoms with Crippen molar-refractivity contribution in [3.8, 4) is 0 Å². The van der Waals surface area contributed by atoms with Crippen LogP contribution in [0.3, 0.4) is 0 Å². The first kappa shape index (κ1) is 17.1. The molecule has 5 nitrogen and oxygen atoms in total. The number of ketones is 1. The normalized spacial score (nSPS) is 18.9. The van der Waals surface area contributed by atoms with E-state index in [9.17, 15) is 14.7 Å². The lowest BCUT2D eigenvalue weighted by Gasteiger charge is -2.23. The zero-order chi connectivity index (χ0) is 16.8. The Labute approximate surface area is 136 Å². The fourth-order valence-corrected chi connectivity index (χ4v) is 2.68. The van der Waals surface area contributed by atoms with Gasteiger partial charge in [0.15, 0.2) is 5.78 Å². The van der Waals surface area contributed by atoms with Gasteiger partial charge in [0, 0.05) is 31.2 Å². The van der Waals surface area contributed by atoms with E-state index in [1.165, 1.54) is 6.21 Å². The van der Waals surface area contributed by atoms with Crippen LogP contribution in [0.15, 0.2) is 40.6 Å². The van der Waals surface area contributed by atoms with E-state index in [1.54, 1.807) is 12.1 Å². The van der Waals surface area contributed by atoms with Crippen LogP contribution >= 0.6 is 0 Å². The lowest BCUT2D eigenvalue weighted by molar-refractivity contribution is -0.116. The van der Waals surface area contributed by atoms with Crippen LogP contribution in [0.4, 0.5) is 0 Å². The van der Waals surface area contributed by atoms with Crippen LogP contribution in [0.1, 0.15) is 34.7 Å². The Hall–Kier alpha value is -2.27. The van der Waals surface area contributed by atoms with E-state index in [4.69, 9.17) is 0 Å². The molecule has 122 valence electrons. The molecule has 0 bridgehead atoms. The van der Waals surface area contributed by atoms with Gasteiger partial charge in [0.25, 0.3) is 0 Å². The van der Waals surface area contributed by atoms with Gasteiger partial charge in [0.05, 0.1) is 12.1 Å². The number of carbonyl (C=O) groups is 2. The summed E-state index contributed by atoms with van der Waals surface area (Å²) in [4.78, 5) is 29.7. The second-order valence-corrected chi connectivity index (χ2v) is 5.97. The number of Topliss-reactive ketones (excluding diaryl/α,β-unsaturated/α-hetero) is 1. The molecular formula is C18H22N2O3. The highest BCUT2D eigenvalue weighted by molar-refractivity contribution is 6.14. The van der Waals surface area contributed by atoms with Crippen molar-refractivity contribution in [3.05, 3.63) is 46.7 Å². The molecule has 0 saturated heterocycles. The Kier molecular flexibility index (Phi) is 5.82. The number of likely N-dealkylation sites (N-methyl/N-ethyl adjacent to an activating group) is 1.